The fraction of sp³-hybridized carbons (Fsp3) is 0.467. The second-order valence-electron chi connectivity index (χ2n) is 9.89. The Morgan fingerprint density at radius 3 is 1.94 bits per heavy atom. The first-order valence-electron chi connectivity index (χ1n) is 12.2. The lowest BCUT2D eigenvalue weighted by Gasteiger charge is -2.38. The quantitative estimate of drug-likeness (QED) is 0.374. The SMILES string of the molecule is CCC(CCC(C)Oc1ccc(C)cc1)C(C)(C)C1=CC=C(Oc2ccc(C)cc2)CC1. The summed E-state index contributed by atoms with van der Waals surface area (Å²) < 4.78 is 12.3. The van der Waals surface area contributed by atoms with Crippen LogP contribution in [0, 0.1) is 25.2 Å². The Morgan fingerprint density at radius 1 is 0.812 bits per heavy atom. The summed E-state index contributed by atoms with van der Waals surface area (Å²) in [6.07, 6.45) is 10.2. The Morgan fingerprint density at radius 2 is 1.41 bits per heavy atom. The van der Waals surface area contributed by atoms with Crippen LogP contribution in [0.3, 0.4) is 0 Å². The summed E-state index contributed by atoms with van der Waals surface area (Å²) in [5.74, 6) is 3.58. The van der Waals surface area contributed by atoms with E-state index in [1.165, 1.54) is 29.5 Å². The molecule has 32 heavy (non-hydrogen) atoms. The molecule has 0 saturated heterocycles. The lowest BCUT2D eigenvalue weighted by molar-refractivity contribution is 0.166. The van der Waals surface area contributed by atoms with Crippen LogP contribution < -0.4 is 9.47 Å². The van der Waals surface area contributed by atoms with Crippen LogP contribution in [-0.4, -0.2) is 6.10 Å². The van der Waals surface area contributed by atoms with Crippen molar-refractivity contribution < 1.29 is 9.47 Å². The second kappa shape index (κ2) is 10.9. The average molecular weight is 433 g/mol. The van der Waals surface area contributed by atoms with Crippen molar-refractivity contribution in [2.24, 2.45) is 11.3 Å². The summed E-state index contributed by atoms with van der Waals surface area (Å²) in [6.45, 7) is 13.5. The normalized spacial score (nSPS) is 16.1. The molecule has 2 nitrogen and oxygen atoms in total. The molecule has 0 fully saturated rings. The van der Waals surface area contributed by atoms with Crippen molar-refractivity contribution in [3.05, 3.63) is 83.1 Å². The van der Waals surface area contributed by atoms with Gasteiger partial charge in [0.25, 0.3) is 0 Å². The van der Waals surface area contributed by atoms with Crippen molar-refractivity contribution >= 4 is 0 Å². The molecule has 0 aliphatic heterocycles. The Balaban J connectivity index is 1.57. The summed E-state index contributed by atoms with van der Waals surface area (Å²) in [5, 5.41) is 0. The third-order valence-electron chi connectivity index (χ3n) is 7.00. The van der Waals surface area contributed by atoms with E-state index in [0.717, 1.165) is 36.5 Å². The summed E-state index contributed by atoms with van der Waals surface area (Å²) in [4.78, 5) is 0. The number of rotatable bonds is 10. The Kier molecular flexibility index (Phi) is 8.23. The van der Waals surface area contributed by atoms with Gasteiger partial charge in [0.15, 0.2) is 0 Å². The Bertz CT molecular complexity index is 916. The Hall–Kier alpha value is -2.48. The van der Waals surface area contributed by atoms with Crippen molar-refractivity contribution in [1.29, 1.82) is 0 Å². The predicted molar refractivity (Wildman–Crippen MR) is 135 cm³/mol. The van der Waals surface area contributed by atoms with E-state index in [-0.39, 0.29) is 11.5 Å². The molecule has 2 atom stereocenters. The highest BCUT2D eigenvalue weighted by atomic mass is 16.5. The molecule has 0 aromatic heterocycles. The van der Waals surface area contributed by atoms with E-state index in [1.807, 2.05) is 12.1 Å². The summed E-state index contributed by atoms with van der Waals surface area (Å²) >= 11 is 0. The number of benzene rings is 2. The van der Waals surface area contributed by atoms with Crippen LogP contribution in [0.4, 0.5) is 0 Å². The average Bonchev–Trinajstić information content (AvgIpc) is 2.77. The molecule has 0 spiro atoms. The van der Waals surface area contributed by atoms with Crippen molar-refractivity contribution in [3.63, 3.8) is 0 Å². The number of aryl methyl sites for hydroxylation is 2. The maximum Gasteiger partial charge on any atom is 0.126 e. The van der Waals surface area contributed by atoms with Gasteiger partial charge in [-0.2, -0.15) is 0 Å². The fourth-order valence-electron chi connectivity index (χ4n) is 4.68. The number of hydrogen-bond donors (Lipinski definition) is 0. The van der Waals surface area contributed by atoms with E-state index in [4.69, 9.17) is 9.47 Å². The highest BCUT2D eigenvalue weighted by Crippen LogP contribution is 2.43. The second-order valence-corrected chi connectivity index (χ2v) is 9.89. The number of ether oxygens (including phenoxy) is 2. The first-order valence-corrected chi connectivity index (χ1v) is 12.2. The molecule has 0 N–H and O–H groups in total. The zero-order chi connectivity index (χ0) is 23.1. The molecule has 0 amide bonds. The largest absolute Gasteiger partial charge is 0.491 e. The molecule has 2 aromatic carbocycles. The molecular weight excluding hydrogens is 392 g/mol. The third kappa shape index (κ3) is 6.51. The van der Waals surface area contributed by atoms with E-state index >= 15 is 0 Å². The minimum atomic E-state index is 0.171. The van der Waals surface area contributed by atoms with Gasteiger partial charge < -0.3 is 9.47 Å². The van der Waals surface area contributed by atoms with Crippen LogP contribution in [0.2, 0.25) is 0 Å². The van der Waals surface area contributed by atoms with Gasteiger partial charge in [0, 0.05) is 6.42 Å². The summed E-state index contributed by atoms with van der Waals surface area (Å²) in [6, 6.07) is 16.7. The minimum Gasteiger partial charge on any atom is -0.491 e. The van der Waals surface area contributed by atoms with Gasteiger partial charge in [-0.15, -0.1) is 0 Å². The standard InChI is InChI=1S/C30H40O2/c1-7-25(13-12-24(4)31-27-16-8-22(2)9-17-27)30(5,6)26-14-20-29(21-15-26)32-28-18-10-23(3)11-19-28/h8-11,14,16-20,24-25H,7,12-13,15,21H2,1-6H3. The summed E-state index contributed by atoms with van der Waals surface area (Å²) in [5.41, 5.74) is 4.22. The molecule has 2 aromatic rings. The van der Waals surface area contributed by atoms with E-state index in [0.29, 0.717) is 5.92 Å². The maximum absolute atomic E-state index is 6.16. The highest BCUT2D eigenvalue weighted by molar-refractivity contribution is 5.31. The lowest BCUT2D eigenvalue weighted by Crippen LogP contribution is -2.28. The highest BCUT2D eigenvalue weighted by Gasteiger charge is 2.32. The molecule has 0 saturated carbocycles. The van der Waals surface area contributed by atoms with Crippen LogP contribution in [0.15, 0.2) is 72.0 Å². The third-order valence-corrected chi connectivity index (χ3v) is 7.00. The maximum atomic E-state index is 6.16. The molecule has 0 heterocycles. The number of allylic oxidation sites excluding steroid dienone is 4. The molecule has 1 aliphatic rings. The van der Waals surface area contributed by atoms with Crippen molar-refractivity contribution in [1.82, 2.24) is 0 Å². The monoisotopic (exact) mass is 432 g/mol. The minimum absolute atomic E-state index is 0.171. The van der Waals surface area contributed by atoms with Gasteiger partial charge in [0.1, 0.15) is 17.3 Å². The molecule has 172 valence electrons. The molecule has 1 aliphatic carbocycles. The first kappa shape index (κ1) is 24.2. The molecule has 0 radical (unpaired) electrons. The molecule has 0 bridgehead atoms. The van der Waals surface area contributed by atoms with Gasteiger partial charge in [0.05, 0.1) is 6.10 Å². The molecule has 2 heteroatoms. The Labute approximate surface area is 195 Å². The van der Waals surface area contributed by atoms with Crippen LogP contribution in [0.5, 0.6) is 11.5 Å². The fourth-order valence-corrected chi connectivity index (χ4v) is 4.68. The van der Waals surface area contributed by atoms with Crippen LogP contribution in [-0.2, 0) is 0 Å². The van der Waals surface area contributed by atoms with Gasteiger partial charge in [-0.05, 0) is 81.7 Å². The van der Waals surface area contributed by atoms with Crippen LogP contribution in [0.1, 0.15) is 70.9 Å². The lowest BCUT2D eigenvalue weighted by atomic mass is 9.68. The van der Waals surface area contributed by atoms with E-state index in [2.05, 4.69) is 90.1 Å². The van der Waals surface area contributed by atoms with Crippen LogP contribution >= 0.6 is 0 Å². The van der Waals surface area contributed by atoms with Crippen molar-refractivity contribution in [2.45, 2.75) is 79.8 Å². The molecular formula is C30H40O2. The van der Waals surface area contributed by atoms with Gasteiger partial charge in [-0.25, -0.2) is 0 Å². The van der Waals surface area contributed by atoms with Crippen molar-refractivity contribution in [2.75, 3.05) is 0 Å². The predicted octanol–water partition coefficient (Wildman–Crippen LogP) is 8.59. The summed E-state index contributed by atoms with van der Waals surface area (Å²) in [7, 11) is 0. The van der Waals surface area contributed by atoms with Gasteiger partial charge >= 0.3 is 0 Å². The van der Waals surface area contributed by atoms with E-state index < -0.39 is 0 Å². The van der Waals surface area contributed by atoms with Gasteiger partial charge in [-0.3, -0.25) is 0 Å². The van der Waals surface area contributed by atoms with Crippen molar-refractivity contribution in [3.8, 4) is 11.5 Å². The molecule has 2 unspecified atom stereocenters. The van der Waals surface area contributed by atoms with Crippen LogP contribution in [0.25, 0.3) is 0 Å². The van der Waals surface area contributed by atoms with Gasteiger partial charge in [0.2, 0.25) is 0 Å². The number of hydrogen-bond acceptors (Lipinski definition) is 2. The zero-order valence-corrected chi connectivity index (χ0v) is 20.8. The smallest absolute Gasteiger partial charge is 0.126 e. The molecule has 3 rings (SSSR count). The first-order chi connectivity index (χ1) is 15.3. The van der Waals surface area contributed by atoms with E-state index in [9.17, 15) is 0 Å². The van der Waals surface area contributed by atoms with Gasteiger partial charge in [-0.1, -0.05) is 74.2 Å². The topological polar surface area (TPSA) is 18.5 Å². The van der Waals surface area contributed by atoms with E-state index in [1.54, 1.807) is 0 Å². The zero-order valence-electron chi connectivity index (χ0n) is 20.8.